The summed E-state index contributed by atoms with van der Waals surface area (Å²) in [5.74, 6) is -0.533. The van der Waals surface area contributed by atoms with Crippen LogP contribution >= 0.6 is 0 Å². The molecule has 25 heavy (non-hydrogen) atoms. The highest BCUT2D eigenvalue weighted by molar-refractivity contribution is 5.92. The predicted molar refractivity (Wildman–Crippen MR) is 95.2 cm³/mol. The molecule has 2 saturated heterocycles. The molecule has 0 aliphatic carbocycles. The highest BCUT2D eigenvalue weighted by Crippen LogP contribution is 2.21. The lowest BCUT2D eigenvalue weighted by Crippen LogP contribution is -2.44. The summed E-state index contributed by atoms with van der Waals surface area (Å²) in [7, 11) is 0. The third-order valence-corrected chi connectivity index (χ3v) is 5.11. The minimum absolute atomic E-state index is 0.00116. The number of hydrogen-bond donors (Lipinski definition) is 0. The molecule has 5 heteroatoms. The Balaban J connectivity index is 1.62. The van der Waals surface area contributed by atoms with Crippen molar-refractivity contribution in [2.75, 3.05) is 26.2 Å². The van der Waals surface area contributed by atoms with Gasteiger partial charge in [0.1, 0.15) is 11.9 Å². The van der Waals surface area contributed by atoms with Crippen LogP contribution in [0.1, 0.15) is 43.2 Å². The molecule has 2 aliphatic rings. The van der Waals surface area contributed by atoms with Gasteiger partial charge in [-0.05, 0) is 62.5 Å². The lowest BCUT2D eigenvalue weighted by atomic mass is 10.1. The first kappa shape index (κ1) is 17.6. The van der Waals surface area contributed by atoms with Crippen molar-refractivity contribution in [2.24, 2.45) is 0 Å². The van der Waals surface area contributed by atoms with Crippen LogP contribution in [0.3, 0.4) is 0 Å². The molecule has 0 spiro atoms. The first-order valence-electron chi connectivity index (χ1n) is 9.08. The number of likely N-dealkylation sites (tertiary alicyclic amines) is 2. The van der Waals surface area contributed by atoms with Crippen molar-refractivity contribution in [2.45, 2.75) is 38.1 Å². The third kappa shape index (κ3) is 4.46. The summed E-state index contributed by atoms with van der Waals surface area (Å²) in [4.78, 5) is 17.0. The van der Waals surface area contributed by atoms with Crippen LogP contribution in [0.4, 0.5) is 4.39 Å². The number of hydrogen-bond acceptors (Lipinski definition) is 3. The van der Waals surface area contributed by atoms with Crippen LogP contribution in [0.25, 0.3) is 6.08 Å². The standard InChI is InChI=1S/C20H24FN3O/c21-19-8-6-16(13-17(19)14-22)7-9-20(25)24-12-4-5-18(24)15-23-10-2-1-3-11-23/h6-9,13,18H,1-5,10-12,15H2/t18-/m0/s1. The molecule has 132 valence electrons. The van der Waals surface area contributed by atoms with Crippen LogP contribution in [-0.2, 0) is 4.79 Å². The summed E-state index contributed by atoms with van der Waals surface area (Å²) in [5.41, 5.74) is 0.664. The number of carbonyl (C=O) groups excluding carboxylic acids is 1. The number of nitriles is 1. The van der Waals surface area contributed by atoms with Gasteiger partial charge in [-0.25, -0.2) is 4.39 Å². The molecular weight excluding hydrogens is 317 g/mol. The van der Waals surface area contributed by atoms with E-state index < -0.39 is 5.82 Å². The van der Waals surface area contributed by atoms with Crippen molar-refractivity contribution in [3.8, 4) is 6.07 Å². The fraction of sp³-hybridized carbons (Fsp3) is 0.500. The van der Waals surface area contributed by atoms with Gasteiger partial charge in [0, 0.05) is 25.2 Å². The van der Waals surface area contributed by atoms with E-state index in [1.54, 1.807) is 18.2 Å². The molecule has 0 bridgehead atoms. The van der Waals surface area contributed by atoms with Gasteiger partial charge >= 0.3 is 0 Å². The first-order valence-corrected chi connectivity index (χ1v) is 9.08. The molecular formula is C20H24FN3O. The van der Waals surface area contributed by atoms with Crippen molar-refractivity contribution < 1.29 is 9.18 Å². The largest absolute Gasteiger partial charge is 0.335 e. The zero-order valence-electron chi connectivity index (χ0n) is 14.5. The number of benzene rings is 1. The van der Waals surface area contributed by atoms with Gasteiger partial charge in [-0.1, -0.05) is 12.5 Å². The number of amides is 1. The Morgan fingerprint density at radius 3 is 2.80 bits per heavy atom. The molecule has 0 aromatic heterocycles. The zero-order chi connectivity index (χ0) is 17.6. The number of carbonyl (C=O) groups is 1. The maximum Gasteiger partial charge on any atom is 0.246 e. The highest BCUT2D eigenvalue weighted by atomic mass is 19.1. The van der Waals surface area contributed by atoms with E-state index in [0.717, 1.165) is 39.0 Å². The third-order valence-electron chi connectivity index (χ3n) is 5.11. The summed E-state index contributed by atoms with van der Waals surface area (Å²) >= 11 is 0. The SMILES string of the molecule is N#Cc1cc(C=CC(=O)N2CCC[C@H]2CN2CCCCC2)ccc1F. The summed E-state index contributed by atoms with van der Waals surface area (Å²) in [5, 5.41) is 8.89. The van der Waals surface area contributed by atoms with E-state index in [1.807, 2.05) is 11.0 Å². The molecule has 4 nitrogen and oxygen atoms in total. The van der Waals surface area contributed by atoms with Crippen molar-refractivity contribution in [3.63, 3.8) is 0 Å². The molecule has 0 radical (unpaired) electrons. The van der Waals surface area contributed by atoms with Gasteiger partial charge in [0.15, 0.2) is 0 Å². The normalized spacial score (nSPS) is 21.6. The zero-order valence-corrected chi connectivity index (χ0v) is 14.5. The Labute approximate surface area is 148 Å². The molecule has 2 heterocycles. The Kier molecular flexibility index (Phi) is 5.83. The van der Waals surface area contributed by atoms with E-state index in [4.69, 9.17) is 5.26 Å². The fourth-order valence-electron chi connectivity index (χ4n) is 3.75. The first-order chi connectivity index (χ1) is 12.2. The van der Waals surface area contributed by atoms with Crippen LogP contribution < -0.4 is 0 Å². The van der Waals surface area contributed by atoms with E-state index in [9.17, 15) is 9.18 Å². The minimum Gasteiger partial charge on any atom is -0.335 e. The molecule has 0 N–H and O–H groups in total. The number of rotatable bonds is 4. The summed E-state index contributed by atoms with van der Waals surface area (Å²) < 4.78 is 13.4. The van der Waals surface area contributed by atoms with Crippen molar-refractivity contribution in [3.05, 3.63) is 41.2 Å². The highest BCUT2D eigenvalue weighted by Gasteiger charge is 2.29. The van der Waals surface area contributed by atoms with E-state index in [-0.39, 0.29) is 17.5 Å². The smallest absolute Gasteiger partial charge is 0.246 e. The van der Waals surface area contributed by atoms with Gasteiger partial charge < -0.3 is 9.80 Å². The molecule has 1 amide bonds. The van der Waals surface area contributed by atoms with E-state index in [2.05, 4.69) is 4.90 Å². The second-order valence-corrected chi connectivity index (χ2v) is 6.87. The second-order valence-electron chi connectivity index (χ2n) is 6.87. The topological polar surface area (TPSA) is 47.3 Å². The van der Waals surface area contributed by atoms with Crippen LogP contribution in [0.2, 0.25) is 0 Å². The summed E-state index contributed by atoms with van der Waals surface area (Å²) in [6, 6.07) is 6.42. The number of nitrogens with zero attached hydrogens (tertiary/aromatic N) is 3. The van der Waals surface area contributed by atoms with Gasteiger partial charge in [-0.3, -0.25) is 4.79 Å². The Bertz CT molecular complexity index is 689. The average molecular weight is 341 g/mol. The number of halogens is 1. The monoisotopic (exact) mass is 341 g/mol. The van der Waals surface area contributed by atoms with Crippen molar-refractivity contribution >= 4 is 12.0 Å². The quantitative estimate of drug-likeness (QED) is 0.790. The maximum absolute atomic E-state index is 13.4. The Morgan fingerprint density at radius 1 is 1.24 bits per heavy atom. The average Bonchev–Trinajstić information content (AvgIpc) is 3.10. The summed E-state index contributed by atoms with van der Waals surface area (Å²) in [6.45, 7) is 4.05. The van der Waals surface area contributed by atoms with Crippen LogP contribution in [-0.4, -0.2) is 47.9 Å². The second kappa shape index (κ2) is 8.26. The molecule has 2 fully saturated rings. The van der Waals surface area contributed by atoms with Crippen molar-refractivity contribution in [1.29, 1.82) is 5.26 Å². The van der Waals surface area contributed by atoms with Gasteiger partial charge in [-0.15, -0.1) is 0 Å². The van der Waals surface area contributed by atoms with E-state index in [0.29, 0.717) is 5.56 Å². The Hall–Kier alpha value is -2.19. The molecule has 2 aliphatic heterocycles. The summed E-state index contributed by atoms with van der Waals surface area (Å²) in [6.07, 6.45) is 9.15. The molecule has 1 aromatic rings. The van der Waals surface area contributed by atoms with Gasteiger partial charge in [0.2, 0.25) is 5.91 Å². The molecule has 1 aromatic carbocycles. The molecule has 1 atom stereocenters. The van der Waals surface area contributed by atoms with Crippen LogP contribution in [0.15, 0.2) is 24.3 Å². The molecule has 0 saturated carbocycles. The molecule has 3 rings (SSSR count). The van der Waals surface area contributed by atoms with Gasteiger partial charge in [-0.2, -0.15) is 5.26 Å². The van der Waals surface area contributed by atoms with E-state index in [1.165, 1.54) is 31.4 Å². The molecule has 0 unspecified atom stereocenters. The van der Waals surface area contributed by atoms with Gasteiger partial charge in [0.25, 0.3) is 0 Å². The lowest BCUT2D eigenvalue weighted by molar-refractivity contribution is -0.127. The Morgan fingerprint density at radius 2 is 2.04 bits per heavy atom. The number of piperidine rings is 1. The predicted octanol–water partition coefficient (Wildman–Crippen LogP) is 3.19. The van der Waals surface area contributed by atoms with Crippen molar-refractivity contribution in [1.82, 2.24) is 9.80 Å². The fourth-order valence-corrected chi connectivity index (χ4v) is 3.75. The maximum atomic E-state index is 13.4. The minimum atomic E-state index is -0.535. The van der Waals surface area contributed by atoms with Crippen LogP contribution in [0.5, 0.6) is 0 Å². The van der Waals surface area contributed by atoms with E-state index >= 15 is 0 Å². The lowest BCUT2D eigenvalue weighted by Gasteiger charge is -2.32. The van der Waals surface area contributed by atoms with Gasteiger partial charge in [0.05, 0.1) is 5.56 Å². The van der Waals surface area contributed by atoms with Crippen LogP contribution in [0, 0.1) is 17.1 Å².